The lowest BCUT2D eigenvalue weighted by Crippen LogP contribution is -2.50. The molecule has 0 radical (unpaired) electrons. The SMILES string of the molecule is Cc1ccc2c(c1)N(S(C)(=O)=O)C[C@H](C(=O)NCCc1ccc(Cl)cc1)O2. The van der Waals surface area contributed by atoms with Gasteiger partial charge < -0.3 is 10.1 Å². The van der Waals surface area contributed by atoms with Gasteiger partial charge in [0, 0.05) is 11.6 Å². The Balaban J connectivity index is 1.68. The molecule has 0 saturated carbocycles. The summed E-state index contributed by atoms with van der Waals surface area (Å²) in [5.41, 5.74) is 2.42. The summed E-state index contributed by atoms with van der Waals surface area (Å²) >= 11 is 5.86. The summed E-state index contributed by atoms with van der Waals surface area (Å²) in [6, 6.07) is 12.6. The number of hydrogen-bond donors (Lipinski definition) is 1. The van der Waals surface area contributed by atoms with Crippen LogP contribution in [-0.2, 0) is 21.2 Å². The van der Waals surface area contributed by atoms with Crippen molar-refractivity contribution in [1.82, 2.24) is 5.32 Å². The van der Waals surface area contributed by atoms with Crippen LogP contribution in [0.3, 0.4) is 0 Å². The number of carbonyl (C=O) groups excluding carboxylic acids is 1. The van der Waals surface area contributed by atoms with Crippen molar-refractivity contribution >= 4 is 33.2 Å². The molecule has 1 heterocycles. The van der Waals surface area contributed by atoms with Gasteiger partial charge in [0.2, 0.25) is 10.0 Å². The predicted molar refractivity (Wildman–Crippen MR) is 106 cm³/mol. The highest BCUT2D eigenvalue weighted by atomic mass is 35.5. The van der Waals surface area contributed by atoms with Crippen molar-refractivity contribution in [3.8, 4) is 5.75 Å². The highest BCUT2D eigenvalue weighted by Crippen LogP contribution is 2.35. The number of anilines is 1. The standard InChI is InChI=1S/C19H21ClN2O4S/c1-13-3-8-17-16(11-13)22(27(2,24)25)12-18(26-17)19(23)21-10-9-14-4-6-15(20)7-5-14/h3-8,11,18H,9-10,12H2,1-2H3,(H,21,23)/t18-/m1/s1. The maximum absolute atomic E-state index is 12.5. The van der Waals surface area contributed by atoms with Crippen molar-refractivity contribution in [2.45, 2.75) is 19.4 Å². The first-order valence-electron chi connectivity index (χ1n) is 8.51. The van der Waals surface area contributed by atoms with Gasteiger partial charge in [-0.2, -0.15) is 0 Å². The minimum atomic E-state index is -3.53. The Labute approximate surface area is 164 Å². The van der Waals surface area contributed by atoms with E-state index in [1.165, 1.54) is 4.31 Å². The monoisotopic (exact) mass is 408 g/mol. The summed E-state index contributed by atoms with van der Waals surface area (Å²) in [5.74, 6) is 0.0407. The first-order chi connectivity index (χ1) is 12.7. The van der Waals surface area contributed by atoms with E-state index in [4.69, 9.17) is 16.3 Å². The Kier molecular flexibility index (Phi) is 5.62. The third kappa shape index (κ3) is 4.73. The van der Waals surface area contributed by atoms with E-state index >= 15 is 0 Å². The van der Waals surface area contributed by atoms with Crippen molar-refractivity contribution in [2.75, 3.05) is 23.7 Å². The minimum Gasteiger partial charge on any atom is -0.476 e. The van der Waals surface area contributed by atoms with Crippen LogP contribution in [0.4, 0.5) is 5.69 Å². The molecule has 0 saturated heterocycles. The summed E-state index contributed by atoms with van der Waals surface area (Å²) in [5, 5.41) is 3.47. The van der Waals surface area contributed by atoms with Gasteiger partial charge in [-0.05, 0) is 48.7 Å². The van der Waals surface area contributed by atoms with Gasteiger partial charge in [-0.1, -0.05) is 29.8 Å². The number of halogens is 1. The van der Waals surface area contributed by atoms with E-state index in [1.807, 2.05) is 25.1 Å². The fourth-order valence-electron chi connectivity index (χ4n) is 2.91. The molecular formula is C19H21ClN2O4S. The van der Waals surface area contributed by atoms with Crippen LogP contribution >= 0.6 is 11.6 Å². The molecule has 2 aromatic rings. The average Bonchev–Trinajstić information content (AvgIpc) is 2.61. The molecule has 0 unspecified atom stereocenters. The Hall–Kier alpha value is -2.25. The van der Waals surface area contributed by atoms with E-state index in [-0.39, 0.29) is 12.5 Å². The second-order valence-electron chi connectivity index (χ2n) is 6.54. The van der Waals surface area contributed by atoms with Gasteiger partial charge >= 0.3 is 0 Å². The molecule has 0 bridgehead atoms. The number of sulfonamides is 1. The Morgan fingerprint density at radius 2 is 1.96 bits per heavy atom. The van der Waals surface area contributed by atoms with Crippen LogP contribution in [0.2, 0.25) is 5.02 Å². The molecular weight excluding hydrogens is 388 g/mol. The fourth-order valence-corrected chi connectivity index (χ4v) is 3.94. The van der Waals surface area contributed by atoms with E-state index in [1.54, 1.807) is 24.3 Å². The second-order valence-corrected chi connectivity index (χ2v) is 8.88. The van der Waals surface area contributed by atoms with Gasteiger partial charge in [0.1, 0.15) is 5.75 Å². The van der Waals surface area contributed by atoms with Gasteiger partial charge in [0.25, 0.3) is 5.91 Å². The van der Waals surface area contributed by atoms with Gasteiger partial charge in [0.15, 0.2) is 6.10 Å². The number of nitrogens with one attached hydrogen (secondary N) is 1. The normalized spacial score (nSPS) is 16.4. The third-order valence-electron chi connectivity index (χ3n) is 4.30. The number of rotatable bonds is 5. The van der Waals surface area contributed by atoms with Gasteiger partial charge in [-0.15, -0.1) is 0 Å². The molecule has 1 aliphatic heterocycles. The molecule has 8 heteroatoms. The molecule has 2 aromatic carbocycles. The number of nitrogens with zero attached hydrogens (tertiary/aromatic N) is 1. The molecule has 0 spiro atoms. The lowest BCUT2D eigenvalue weighted by atomic mass is 10.1. The zero-order chi connectivity index (χ0) is 19.6. The summed E-state index contributed by atoms with van der Waals surface area (Å²) in [6.45, 7) is 2.23. The number of amides is 1. The Bertz CT molecular complexity index is 945. The van der Waals surface area contributed by atoms with Crippen molar-refractivity contribution < 1.29 is 17.9 Å². The van der Waals surface area contributed by atoms with E-state index < -0.39 is 16.1 Å². The van der Waals surface area contributed by atoms with Crippen LogP contribution in [0.5, 0.6) is 5.75 Å². The van der Waals surface area contributed by atoms with E-state index in [9.17, 15) is 13.2 Å². The summed E-state index contributed by atoms with van der Waals surface area (Å²) < 4.78 is 31.3. The molecule has 3 rings (SSSR count). The highest BCUT2D eigenvalue weighted by molar-refractivity contribution is 7.92. The van der Waals surface area contributed by atoms with Gasteiger partial charge in [-0.3, -0.25) is 9.10 Å². The molecule has 1 N–H and O–H groups in total. The van der Waals surface area contributed by atoms with Crippen LogP contribution in [0.25, 0.3) is 0 Å². The quantitative estimate of drug-likeness (QED) is 0.824. The summed E-state index contributed by atoms with van der Waals surface area (Å²) in [4.78, 5) is 12.5. The summed E-state index contributed by atoms with van der Waals surface area (Å²) in [6.07, 6.45) is 0.862. The zero-order valence-corrected chi connectivity index (χ0v) is 16.7. The molecule has 144 valence electrons. The smallest absolute Gasteiger partial charge is 0.263 e. The molecule has 6 nitrogen and oxygen atoms in total. The van der Waals surface area contributed by atoms with Crippen LogP contribution < -0.4 is 14.4 Å². The first-order valence-corrected chi connectivity index (χ1v) is 10.7. The van der Waals surface area contributed by atoms with Gasteiger partial charge in [-0.25, -0.2) is 8.42 Å². The van der Waals surface area contributed by atoms with Crippen LogP contribution in [0.15, 0.2) is 42.5 Å². The molecule has 0 aliphatic carbocycles. The van der Waals surface area contributed by atoms with Crippen LogP contribution in [0, 0.1) is 6.92 Å². The third-order valence-corrected chi connectivity index (χ3v) is 5.70. The molecule has 1 aliphatic rings. The summed E-state index contributed by atoms with van der Waals surface area (Å²) in [7, 11) is -3.53. The van der Waals surface area contributed by atoms with Crippen molar-refractivity contribution in [3.05, 3.63) is 58.6 Å². The maximum Gasteiger partial charge on any atom is 0.263 e. The van der Waals surface area contributed by atoms with Crippen LogP contribution in [-0.4, -0.2) is 39.8 Å². The van der Waals surface area contributed by atoms with Gasteiger partial charge in [0.05, 0.1) is 18.5 Å². The molecule has 0 aromatic heterocycles. The highest BCUT2D eigenvalue weighted by Gasteiger charge is 2.34. The number of carbonyl (C=O) groups is 1. The number of ether oxygens (including phenoxy) is 1. The number of benzene rings is 2. The Morgan fingerprint density at radius 3 is 2.63 bits per heavy atom. The molecule has 27 heavy (non-hydrogen) atoms. The van der Waals surface area contributed by atoms with E-state index in [2.05, 4.69) is 5.32 Å². The Morgan fingerprint density at radius 1 is 1.26 bits per heavy atom. The number of fused-ring (bicyclic) bond motifs is 1. The van der Waals surface area contributed by atoms with Crippen molar-refractivity contribution in [3.63, 3.8) is 0 Å². The second kappa shape index (κ2) is 7.78. The lowest BCUT2D eigenvalue weighted by Gasteiger charge is -2.34. The number of hydrogen-bond acceptors (Lipinski definition) is 4. The van der Waals surface area contributed by atoms with Crippen LogP contribution in [0.1, 0.15) is 11.1 Å². The van der Waals surface area contributed by atoms with E-state index in [0.29, 0.717) is 29.4 Å². The minimum absolute atomic E-state index is 0.0535. The number of aryl methyl sites for hydroxylation is 1. The van der Waals surface area contributed by atoms with Crippen molar-refractivity contribution in [2.24, 2.45) is 0 Å². The molecule has 1 atom stereocenters. The topological polar surface area (TPSA) is 75.7 Å². The molecule has 0 fully saturated rings. The fraction of sp³-hybridized carbons (Fsp3) is 0.316. The maximum atomic E-state index is 12.5. The predicted octanol–water partition coefficient (Wildman–Crippen LogP) is 2.53. The van der Waals surface area contributed by atoms with E-state index in [0.717, 1.165) is 17.4 Å². The first kappa shape index (κ1) is 19.5. The zero-order valence-electron chi connectivity index (χ0n) is 15.1. The largest absolute Gasteiger partial charge is 0.476 e. The van der Waals surface area contributed by atoms with Crippen molar-refractivity contribution in [1.29, 1.82) is 0 Å². The lowest BCUT2D eigenvalue weighted by molar-refractivity contribution is -0.127. The molecule has 1 amide bonds. The average molecular weight is 409 g/mol.